The van der Waals surface area contributed by atoms with E-state index < -0.39 is 5.60 Å². The molecule has 1 atom stereocenters. The Bertz CT molecular complexity index is 564. The van der Waals surface area contributed by atoms with Crippen molar-refractivity contribution in [1.29, 1.82) is 0 Å². The van der Waals surface area contributed by atoms with Crippen LogP contribution in [-0.2, 0) is 20.8 Å². The molecule has 1 aromatic heterocycles. The van der Waals surface area contributed by atoms with Crippen LogP contribution >= 0.6 is 0 Å². The Labute approximate surface area is 135 Å². The summed E-state index contributed by atoms with van der Waals surface area (Å²) < 4.78 is 11.7. The predicted molar refractivity (Wildman–Crippen MR) is 81.6 cm³/mol. The molecule has 8 nitrogen and oxygen atoms in total. The number of esters is 1. The SMILES string of the molecule is CCOC(=O)Cn1cc([C@@H]2CCCN2C(=O)OC(C)(C)C)nn1. The molecule has 1 amide bonds. The molecule has 1 aromatic rings. The molecule has 23 heavy (non-hydrogen) atoms. The average Bonchev–Trinajstić information content (AvgIpc) is 3.04. The van der Waals surface area contributed by atoms with Crippen LogP contribution in [0.5, 0.6) is 0 Å². The van der Waals surface area contributed by atoms with Crippen molar-refractivity contribution in [2.45, 2.75) is 58.7 Å². The van der Waals surface area contributed by atoms with Crippen LogP contribution in [0.2, 0.25) is 0 Å². The van der Waals surface area contributed by atoms with Gasteiger partial charge in [0.25, 0.3) is 0 Å². The Morgan fingerprint density at radius 3 is 2.78 bits per heavy atom. The Morgan fingerprint density at radius 1 is 1.39 bits per heavy atom. The van der Waals surface area contributed by atoms with E-state index >= 15 is 0 Å². The molecule has 0 aliphatic carbocycles. The van der Waals surface area contributed by atoms with Gasteiger partial charge in [-0.15, -0.1) is 5.10 Å². The number of rotatable bonds is 4. The number of amides is 1. The molecule has 2 heterocycles. The first-order chi connectivity index (χ1) is 10.8. The third-order valence-electron chi connectivity index (χ3n) is 3.38. The zero-order valence-electron chi connectivity index (χ0n) is 14.1. The third-order valence-corrected chi connectivity index (χ3v) is 3.38. The normalized spacial score (nSPS) is 18.1. The number of carbonyl (C=O) groups is 2. The van der Waals surface area contributed by atoms with E-state index in [9.17, 15) is 9.59 Å². The molecule has 1 aliphatic heterocycles. The summed E-state index contributed by atoms with van der Waals surface area (Å²) in [6.07, 6.45) is 3.02. The van der Waals surface area contributed by atoms with Crippen molar-refractivity contribution >= 4 is 12.1 Å². The first kappa shape index (κ1) is 17.2. The second kappa shape index (κ2) is 6.97. The van der Waals surface area contributed by atoms with Gasteiger partial charge in [0.1, 0.15) is 17.8 Å². The predicted octanol–water partition coefficient (Wildman–Crippen LogP) is 1.91. The molecular weight excluding hydrogens is 300 g/mol. The van der Waals surface area contributed by atoms with Gasteiger partial charge in [0.05, 0.1) is 18.8 Å². The maximum absolute atomic E-state index is 12.3. The van der Waals surface area contributed by atoms with E-state index in [1.54, 1.807) is 18.0 Å². The molecule has 0 spiro atoms. The molecule has 0 saturated carbocycles. The Hall–Kier alpha value is -2.12. The fourth-order valence-electron chi connectivity index (χ4n) is 2.50. The van der Waals surface area contributed by atoms with E-state index in [1.807, 2.05) is 20.8 Å². The van der Waals surface area contributed by atoms with Crippen LogP contribution in [0.4, 0.5) is 4.79 Å². The van der Waals surface area contributed by atoms with Gasteiger partial charge in [-0.25, -0.2) is 9.48 Å². The van der Waals surface area contributed by atoms with Gasteiger partial charge in [0.2, 0.25) is 0 Å². The van der Waals surface area contributed by atoms with E-state index in [0.717, 1.165) is 12.8 Å². The Balaban J connectivity index is 2.04. The van der Waals surface area contributed by atoms with Crippen molar-refractivity contribution in [2.75, 3.05) is 13.2 Å². The monoisotopic (exact) mass is 324 g/mol. The summed E-state index contributed by atoms with van der Waals surface area (Å²) >= 11 is 0. The molecule has 0 N–H and O–H groups in total. The molecule has 0 bridgehead atoms. The highest BCUT2D eigenvalue weighted by atomic mass is 16.6. The van der Waals surface area contributed by atoms with Gasteiger partial charge in [-0.1, -0.05) is 5.21 Å². The van der Waals surface area contributed by atoms with E-state index in [2.05, 4.69) is 10.3 Å². The van der Waals surface area contributed by atoms with Crippen LogP contribution in [-0.4, -0.2) is 50.7 Å². The minimum atomic E-state index is -0.536. The summed E-state index contributed by atoms with van der Waals surface area (Å²) in [5.74, 6) is -0.362. The molecule has 1 aliphatic rings. The van der Waals surface area contributed by atoms with Crippen molar-refractivity contribution in [2.24, 2.45) is 0 Å². The lowest BCUT2D eigenvalue weighted by molar-refractivity contribution is -0.144. The number of likely N-dealkylation sites (tertiary alicyclic amines) is 1. The summed E-state index contributed by atoms with van der Waals surface area (Å²) in [4.78, 5) is 25.4. The summed E-state index contributed by atoms with van der Waals surface area (Å²) in [6.45, 7) is 8.24. The number of nitrogens with zero attached hydrogens (tertiary/aromatic N) is 4. The Morgan fingerprint density at radius 2 is 2.13 bits per heavy atom. The highest BCUT2D eigenvalue weighted by molar-refractivity contribution is 5.69. The molecule has 1 saturated heterocycles. The van der Waals surface area contributed by atoms with Crippen LogP contribution in [0, 0.1) is 0 Å². The second-order valence-electron chi connectivity index (χ2n) is 6.48. The lowest BCUT2D eigenvalue weighted by Crippen LogP contribution is -2.36. The Kier molecular flexibility index (Phi) is 5.23. The first-order valence-corrected chi connectivity index (χ1v) is 7.85. The van der Waals surface area contributed by atoms with Crippen molar-refractivity contribution in [3.63, 3.8) is 0 Å². The number of hydrogen-bond donors (Lipinski definition) is 0. The molecule has 128 valence electrons. The molecule has 1 fully saturated rings. The van der Waals surface area contributed by atoms with E-state index in [4.69, 9.17) is 9.47 Å². The summed E-state index contributed by atoms with van der Waals surface area (Å²) in [7, 11) is 0. The molecule has 0 aromatic carbocycles. The molecule has 2 rings (SSSR count). The summed E-state index contributed by atoms with van der Waals surface area (Å²) in [5, 5.41) is 8.03. The lowest BCUT2D eigenvalue weighted by atomic mass is 10.1. The van der Waals surface area contributed by atoms with E-state index in [0.29, 0.717) is 18.8 Å². The van der Waals surface area contributed by atoms with Crippen LogP contribution < -0.4 is 0 Å². The zero-order valence-corrected chi connectivity index (χ0v) is 14.1. The average molecular weight is 324 g/mol. The van der Waals surface area contributed by atoms with Crippen LogP contribution in [0.25, 0.3) is 0 Å². The van der Waals surface area contributed by atoms with Gasteiger partial charge >= 0.3 is 12.1 Å². The molecular formula is C15H24N4O4. The van der Waals surface area contributed by atoms with Gasteiger partial charge in [0, 0.05) is 6.54 Å². The summed E-state index contributed by atoms with van der Waals surface area (Å²) in [6, 6.07) is -0.166. The van der Waals surface area contributed by atoms with Gasteiger partial charge < -0.3 is 9.47 Å². The molecule has 0 radical (unpaired) electrons. The minimum Gasteiger partial charge on any atom is -0.465 e. The van der Waals surface area contributed by atoms with Gasteiger partial charge in [-0.2, -0.15) is 0 Å². The number of aromatic nitrogens is 3. The first-order valence-electron chi connectivity index (χ1n) is 7.85. The number of hydrogen-bond acceptors (Lipinski definition) is 6. The molecule has 0 unspecified atom stereocenters. The zero-order chi connectivity index (χ0) is 17.0. The highest BCUT2D eigenvalue weighted by Gasteiger charge is 2.34. The summed E-state index contributed by atoms with van der Waals surface area (Å²) in [5.41, 5.74) is 0.129. The largest absolute Gasteiger partial charge is 0.465 e. The fourth-order valence-corrected chi connectivity index (χ4v) is 2.50. The van der Waals surface area contributed by atoms with Crippen molar-refractivity contribution < 1.29 is 19.1 Å². The van der Waals surface area contributed by atoms with E-state index in [1.165, 1.54) is 4.68 Å². The van der Waals surface area contributed by atoms with Gasteiger partial charge in [0.15, 0.2) is 0 Å². The number of carbonyl (C=O) groups excluding carboxylic acids is 2. The fraction of sp³-hybridized carbons (Fsp3) is 0.733. The topological polar surface area (TPSA) is 86.5 Å². The van der Waals surface area contributed by atoms with Crippen LogP contribution in [0.1, 0.15) is 52.3 Å². The highest BCUT2D eigenvalue weighted by Crippen LogP contribution is 2.31. The maximum Gasteiger partial charge on any atom is 0.410 e. The third kappa shape index (κ3) is 4.67. The van der Waals surface area contributed by atoms with Crippen molar-refractivity contribution in [3.8, 4) is 0 Å². The van der Waals surface area contributed by atoms with Gasteiger partial charge in [-0.3, -0.25) is 9.69 Å². The van der Waals surface area contributed by atoms with Crippen LogP contribution in [0.15, 0.2) is 6.20 Å². The lowest BCUT2D eigenvalue weighted by Gasteiger charge is -2.27. The van der Waals surface area contributed by atoms with Crippen molar-refractivity contribution in [3.05, 3.63) is 11.9 Å². The number of ether oxygens (including phenoxy) is 2. The van der Waals surface area contributed by atoms with E-state index in [-0.39, 0.29) is 24.6 Å². The second-order valence-corrected chi connectivity index (χ2v) is 6.48. The quantitative estimate of drug-likeness (QED) is 0.786. The minimum absolute atomic E-state index is 0.0139. The maximum atomic E-state index is 12.3. The molecule has 8 heteroatoms. The van der Waals surface area contributed by atoms with Crippen LogP contribution in [0.3, 0.4) is 0 Å². The smallest absolute Gasteiger partial charge is 0.410 e. The van der Waals surface area contributed by atoms with Crippen molar-refractivity contribution in [1.82, 2.24) is 19.9 Å². The standard InChI is InChI=1S/C15H24N4O4/c1-5-22-13(20)10-18-9-11(16-17-18)12-7-6-8-19(12)14(21)23-15(2,3)4/h9,12H,5-8,10H2,1-4H3/t12-/m0/s1. The van der Waals surface area contributed by atoms with Gasteiger partial charge in [-0.05, 0) is 40.5 Å².